The number of carbonyl (C=O) groups excluding carboxylic acids is 1. The first-order valence-electron chi connectivity index (χ1n) is 10.9. The van der Waals surface area contributed by atoms with Gasteiger partial charge in [-0.3, -0.25) is 14.9 Å². The van der Waals surface area contributed by atoms with Crippen molar-refractivity contribution in [1.29, 1.82) is 0 Å². The summed E-state index contributed by atoms with van der Waals surface area (Å²) in [5.41, 5.74) is 2.21. The Bertz CT molecular complexity index is 1120. The van der Waals surface area contributed by atoms with Crippen molar-refractivity contribution in [2.45, 2.75) is 38.6 Å². The van der Waals surface area contributed by atoms with Crippen LogP contribution >= 0.6 is 0 Å². The fourth-order valence-electron chi connectivity index (χ4n) is 4.52. The molecule has 4 rings (SSSR count). The number of carbonyl (C=O) groups is 1. The molecule has 2 heterocycles. The molecule has 8 nitrogen and oxygen atoms in total. The number of piperidine rings is 1. The largest absolute Gasteiger partial charge is 0.366 e. The van der Waals surface area contributed by atoms with E-state index in [1.165, 1.54) is 11.0 Å². The van der Waals surface area contributed by atoms with Gasteiger partial charge in [0.05, 0.1) is 22.5 Å². The zero-order chi connectivity index (χ0) is 22.9. The van der Waals surface area contributed by atoms with Crippen LogP contribution in [0.2, 0.25) is 0 Å². The van der Waals surface area contributed by atoms with Crippen LogP contribution in [0, 0.1) is 17.0 Å². The second-order valence-corrected chi connectivity index (χ2v) is 10.8. The van der Waals surface area contributed by atoms with E-state index in [0.717, 1.165) is 37.9 Å². The van der Waals surface area contributed by atoms with Crippen molar-refractivity contribution < 1.29 is 18.1 Å². The van der Waals surface area contributed by atoms with Crippen molar-refractivity contribution in [2.24, 2.45) is 0 Å². The molecular formula is C23H27N3O5S. The second kappa shape index (κ2) is 8.90. The van der Waals surface area contributed by atoms with E-state index < -0.39 is 26.7 Å². The first-order valence-corrected chi connectivity index (χ1v) is 12.7. The predicted octanol–water partition coefficient (Wildman–Crippen LogP) is 3.73. The van der Waals surface area contributed by atoms with Crippen LogP contribution in [0.1, 0.15) is 41.6 Å². The van der Waals surface area contributed by atoms with Gasteiger partial charge in [-0.2, -0.15) is 0 Å². The molecule has 2 saturated heterocycles. The van der Waals surface area contributed by atoms with Crippen molar-refractivity contribution in [1.82, 2.24) is 0 Å². The zero-order valence-electron chi connectivity index (χ0n) is 18.1. The lowest BCUT2D eigenvalue weighted by Crippen LogP contribution is -2.41. The molecule has 2 aliphatic rings. The minimum Gasteiger partial charge on any atom is -0.366 e. The molecule has 1 unspecified atom stereocenters. The van der Waals surface area contributed by atoms with E-state index in [0.29, 0.717) is 17.8 Å². The smallest absolute Gasteiger partial charge is 0.293 e. The summed E-state index contributed by atoms with van der Waals surface area (Å²) in [6.07, 6.45) is 3.41. The van der Waals surface area contributed by atoms with Crippen LogP contribution in [0.3, 0.4) is 0 Å². The Kier molecular flexibility index (Phi) is 6.19. The second-order valence-electron chi connectivity index (χ2n) is 8.58. The van der Waals surface area contributed by atoms with E-state index in [1.807, 2.05) is 24.0 Å². The van der Waals surface area contributed by atoms with Gasteiger partial charge in [-0.05, 0) is 56.9 Å². The summed E-state index contributed by atoms with van der Waals surface area (Å²) >= 11 is 0. The summed E-state index contributed by atoms with van der Waals surface area (Å²) < 4.78 is 24.2. The minimum atomic E-state index is -3.22. The molecule has 170 valence electrons. The van der Waals surface area contributed by atoms with Gasteiger partial charge in [-0.15, -0.1) is 0 Å². The van der Waals surface area contributed by atoms with E-state index in [9.17, 15) is 23.3 Å². The lowest BCUT2D eigenvalue weighted by molar-refractivity contribution is -0.384. The molecule has 32 heavy (non-hydrogen) atoms. The summed E-state index contributed by atoms with van der Waals surface area (Å²) in [6, 6.07) is 11.4. The highest BCUT2D eigenvalue weighted by Gasteiger charge is 2.36. The summed E-state index contributed by atoms with van der Waals surface area (Å²) in [5, 5.41) is 11.8. The SMILES string of the molecule is Cc1ccc(N(C(=O)c2ccc(N3CCCCC3)c([N+](=O)[O-])c2)C2CCS(=O)(=O)C2)cc1. The number of hydrogen-bond acceptors (Lipinski definition) is 6. The van der Waals surface area contributed by atoms with Gasteiger partial charge in [0.1, 0.15) is 5.69 Å². The fourth-order valence-corrected chi connectivity index (χ4v) is 6.22. The highest BCUT2D eigenvalue weighted by Crippen LogP contribution is 2.33. The highest BCUT2D eigenvalue weighted by atomic mass is 32.2. The Balaban J connectivity index is 1.72. The molecule has 9 heteroatoms. The molecule has 0 saturated carbocycles. The fraction of sp³-hybridized carbons (Fsp3) is 0.435. The van der Waals surface area contributed by atoms with Crippen molar-refractivity contribution in [2.75, 3.05) is 34.4 Å². The molecule has 2 aromatic carbocycles. The normalized spacial score (nSPS) is 20.2. The van der Waals surface area contributed by atoms with E-state index in [-0.39, 0.29) is 22.8 Å². The van der Waals surface area contributed by atoms with E-state index in [2.05, 4.69) is 0 Å². The van der Waals surface area contributed by atoms with Gasteiger partial charge in [0, 0.05) is 30.4 Å². The number of sulfone groups is 1. The molecule has 0 N–H and O–H groups in total. The van der Waals surface area contributed by atoms with Crippen molar-refractivity contribution in [3.8, 4) is 0 Å². The van der Waals surface area contributed by atoms with Crippen LogP contribution < -0.4 is 9.80 Å². The lowest BCUT2D eigenvalue weighted by Gasteiger charge is -2.30. The zero-order valence-corrected chi connectivity index (χ0v) is 18.9. The summed E-state index contributed by atoms with van der Waals surface area (Å²) in [5.74, 6) is -0.508. The van der Waals surface area contributed by atoms with E-state index in [4.69, 9.17) is 0 Å². The van der Waals surface area contributed by atoms with Gasteiger partial charge >= 0.3 is 0 Å². The Hall–Kier alpha value is -2.94. The van der Waals surface area contributed by atoms with Gasteiger partial charge in [0.2, 0.25) is 0 Å². The van der Waals surface area contributed by atoms with Gasteiger partial charge < -0.3 is 9.80 Å². The van der Waals surface area contributed by atoms with Crippen LogP contribution in [0.15, 0.2) is 42.5 Å². The maximum absolute atomic E-state index is 13.6. The number of nitro groups is 1. The maximum atomic E-state index is 13.6. The van der Waals surface area contributed by atoms with Crippen LogP contribution in [-0.2, 0) is 9.84 Å². The number of anilines is 2. The quantitative estimate of drug-likeness (QED) is 0.501. The molecule has 0 aliphatic carbocycles. The Morgan fingerprint density at radius 3 is 2.38 bits per heavy atom. The van der Waals surface area contributed by atoms with Gasteiger partial charge in [0.25, 0.3) is 11.6 Å². The van der Waals surface area contributed by atoms with Crippen molar-refractivity contribution in [3.05, 3.63) is 63.7 Å². The molecule has 1 atom stereocenters. The first-order chi connectivity index (χ1) is 15.2. The third kappa shape index (κ3) is 4.62. The molecule has 0 spiro atoms. The highest BCUT2D eigenvalue weighted by molar-refractivity contribution is 7.91. The minimum absolute atomic E-state index is 0.0291. The molecule has 1 amide bonds. The van der Waals surface area contributed by atoms with Crippen molar-refractivity contribution in [3.63, 3.8) is 0 Å². The molecule has 2 fully saturated rings. The predicted molar refractivity (Wildman–Crippen MR) is 124 cm³/mol. The van der Waals surface area contributed by atoms with Gasteiger partial charge in [-0.25, -0.2) is 8.42 Å². The standard InChI is InChI=1S/C23H27N3O5S/c1-17-5-8-19(9-6-17)25(20-11-14-32(30,31)16-20)23(27)18-7-10-21(22(15-18)26(28)29)24-12-3-2-4-13-24/h5-10,15,20H,2-4,11-14,16H2,1H3. The number of amides is 1. The third-order valence-electron chi connectivity index (χ3n) is 6.22. The molecule has 0 aromatic heterocycles. The van der Waals surface area contributed by atoms with Crippen LogP contribution in [0.4, 0.5) is 17.1 Å². The first kappa shape index (κ1) is 22.3. The van der Waals surface area contributed by atoms with Crippen molar-refractivity contribution >= 4 is 32.8 Å². The van der Waals surface area contributed by atoms with Crippen LogP contribution in [0.25, 0.3) is 0 Å². The van der Waals surface area contributed by atoms with Crippen LogP contribution in [-0.4, -0.2) is 49.9 Å². The Labute approximate surface area is 187 Å². The van der Waals surface area contributed by atoms with E-state index in [1.54, 1.807) is 24.3 Å². The number of rotatable bonds is 5. The summed E-state index contributed by atoms with van der Waals surface area (Å²) in [4.78, 5) is 28.5. The summed E-state index contributed by atoms with van der Waals surface area (Å²) in [6.45, 7) is 3.44. The molecule has 0 bridgehead atoms. The Morgan fingerprint density at radius 1 is 1.09 bits per heavy atom. The number of aryl methyl sites for hydroxylation is 1. The topological polar surface area (TPSA) is 101 Å². The number of benzene rings is 2. The molecular weight excluding hydrogens is 430 g/mol. The summed E-state index contributed by atoms with van der Waals surface area (Å²) in [7, 11) is -3.22. The maximum Gasteiger partial charge on any atom is 0.293 e. The van der Waals surface area contributed by atoms with Crippen LogP contribution in [0.5, 0.6) is 0 Å². The number of nitro benzene ring substituents is 1. The Morgan fingerprint density at radius 2 is 1.78 bits per heavy atom. The van der Waals surface area contributed by atoms with Gasteiger partial charge in [0.15, 0.2) is 9.84 Å². The number of nitrogens with zero attached hydrogens (tertiary/aromatic N) is 3. The molecule has 0 radical (unpaired) electrons. The van der Waals surface area contributed by atoms with Gasteiger partial charge in [-0.1, -0.05) is 17.7 Å². The molecule has 2 aliphatic heterocycles. The third-order valence-corrected chi connectivity index (χ3v) is 7.97. The average Bonchev–Trinajstić information content (AvgIpc) is 3.14. The average molecular weight is 458 g/mol. The van der Waals surface area contributed by atoms with E-state index >= 15 is 0 Å². The number of hydrogen-bond donors (Lipinski definition) is 0. The lowest BCUT2D eigenvalue weighted by atomic mass is 10.1. The monoisotopic (exact) mass is 457 g/mol. The molecule has 2 aromatic rings.